The number of rotatable bonds is 10. The van der Waals surface area contributed by atoms with Crippen molar-refractivity contribution < 1.29 is 22.3 Å². The summed E-state index contributed by atoms with van der Waals surface area (Å²) in [5, 5.41) is 3.02. The lowest BCUT2D eigenvalue weighted by molar-refractivity contribution is 0.167. The number of carbonyl (C=O) groups excluding carboxylic acids is 1. The Hall–Kier alpha value is -3.14. The molecule has 4 rings (SSSR count). The normalized spacial score (nSPS) is 17.1. The van der Waals surface area contributed by atoms with Gasteiger partial charge in [0.2, 0.25) is 10.0 Å². The van der Waals surface area contributed by atoms with Gasteiger partial charge in [-0.05, 0) is 92.1 Å². The Morgan fingerprint density at radius 2 is 1.81 bits per heavy atom. The van der Waals surface area contributed by atoms with E-state index in [1.807, 2.05) is 32.0 Å². The average Bonchev–Trinajstić information content (AvgIpc) is 3.33. The van der Waals surface area contributed by atoms with E-state index >= 15 is 0 Å². The molecule has 1 N–H and O–H groups in total. The number of likely N-dealkylation sites (tertiary alicyclic amines) is 1. The lowest BCUT2D eigenvalue weighted by Crippen LogP contribution is -2.48. The molecule has 0 spiro atoms. The highest BCUT2D eigenvalue weighted by Crippen LogP contribution is 2.38. The Balaban J connectivity index is 1.72. The lowest BCUT2D eigenvalue weighted by atomic mass is 9.90. The number of anilines is 1. The highest BCUT2D eigenvalue weighted by Gasteiger charge is 2.40. The predicted octanol–water partition coefficient (Wildman–Crippen LogP) is 8.36. The number of ether oxygens (including phenoxy) is 1. The third-order valence-electron chi connectivity index (χ3n) is 8.11. The van der Waals surface area contributed by atoms with Crippen LogP contribution in [0.5, 0.6) is 11.5 Å². The molecule has 232 valence electrons. The summed E-state index contributed by atoms with van der Waals surface area (Å²) in [6.45, 7) is 12.8. The van der Waals surface area contributed by atoms with Crippen LogP contribution in [0.4, 0.5) is 14.9 Å². The summed E-state index contributed by atoms with van der Waals surface area (Å²) in [4.78, 5) is 15.7. The molecule has 2 amide bonds. The van der Waals surface area contributed by atoms with Crippen molar-refractivity contribution in [1.29, 1.82) is 0 Å². The molecule has 7 nitrogen and oxygen atoms in total. The molecule has 3 aromatic rings. The number of aryl methyl sites for hydroxylation is 1. The van der Waals surface area contributed by atoms with Gasteiger partial charge in [0, 0.05) is 25.2 Å². The van der Waals surface area contributed by atoms with E-state index in [9.17, 15) is 17.6 Å². The third-order valence-corrected chi connectivity index (χ3v) is 10.5. The molecule has 0 saturated carbocycles. The first-order valence-electron chi connectivity index (χ1n) is 14.7. The number of urea groups is 1. The van der Waals surface area contributed by atoms with Gasteiger partial charge in [-0.3, -0.25) is 0 Å². The second-order valence-corrected chi connectivity index (χ2v) is 14.0. The fourth-order valence-corrected chi connectivity index (χ4v) is 7.32. The molecule has 0 aliphatic carbocycles. The van der Waals surface area contributed by atoms with Crippen molar-refractivity contribution in [3.05, 3.63) is 82.1 Å². The van der Waals surface area contributed by atoms with E-state index in [0.717, 1.165) is 29.5 Å². The van der Waals surface area contributed by atoms with Gasteiger partial charge in [-0.2, -0.15) is 4.31 Å². The number of nitrogens with one attached hydrogen (secondary N) is 1. The second kappa shape index (κ2) is 13.2. The summed E-state index contributed by atoms with van der Waals surface area (Å²) < 4.78 is 48.8. The van der Waals surface area contributed by atoms with E-state index < -0.39 is 21.4 Å². The van der Waals surface area contributed by atoms with Gasteiger partial charge in [0.05, 0.1) is 15.6 Å². The molecule has 1 aliphatic rings. The van der Waals surface area contributed by atoms with Gasteiger partial charge >= 0.3 is 6.03 Å². The van der Waals surface area contributed by atoms with E-state index in [-0.39, 0.29) is 27.6 Å². The number of benzene rings is 3. The summed E-state index contributed by atoms with van der Waals surface area (Å²) in [7, 11) is -3.80. The van der Waals surface area contributed by atoms with E-state index in [1.54, 1.807) is 30.9 Å². The Morgan fingerprint density at radius 1 is 1.09 bits per heavy atom. The Bertz CT molecular complexity index is 1590. The number of nitrogens with zero attached hydrogens (tertiary/aromatic N) is 2. The number of sulfonamides is 1. The van der Waals surface area contributed by atoms with Gasteiger partial charge < -0.3 is 15.0 Å². The van der Waals surface area contributed by atoms with Crippen molar-refractivity contribution in [2.75, 3.05) is 25.0 Å². The largest absolute Gasteiger partial charge is 0.455 e. The number of hydrogen-bond acceptors (Lipinski definition) is 4. The SMILES string of the molecule is CCN(CC)S(=O)(=O)c1ccc(Oc2cc(C)ccc2C(C)C)c(NC(=O)N2CCCC2(C)Cc2ccc(Cl)c(F)c2)c1. The zero-order valence-electron chi connectivity index (χ0n) is 25.7. The zero-order chi connectivity index (χ0) is 31.5. The van der Waals surface area contributed by atoms with Crippen LogP contribution >= 0.6 is 11.6 Å². The van der Waals surface area contributed by atoms with Crippen LogP contribution in [-0.2, 0) is 16.4 Å². The van der Waals surface area contributed by atoms with Crippen LogP contribution in [0.3, 0.4) is 0 Å². The number of halogens is 2. The van der Waals surface area contributed by atoms with Crippen LogP contribution in [0.1, 0.15) is 70.1 Å². The van der Waals surface area contributed by atoms with Crippen molar-refractivity contribution in [2.24, 2.45) is 0 Å². The fraction of sp³-hybridized carbons (Fsp3) is 0.424. The van der Waals surface area contributed by atoms with Crippen molar-refractivity contribution in [1.82, 2.24) is 9.21 Å². The molecule has 0 radical (unpaired) electrons. The Labute approximate surface area is 260 Å². The summed E-state index contributed by atoms with van der Waals surface area (Å²) in [6.07, 6.45) is 1.95. The van der Waals surface area contributed by atoms with E-state index in [0.29, 0.717) is 37.6 Å². The molecular formula is C33H41ClFN3O4S. The van der Waals surface area contributed by atoms with Crippen LogP contribution in [-0.4, -0.2) is 48.8 Å². The van der Waals surface area contributed by atoms with Gasteiger partial charge in [-0.15, -0.1) is 0 Å². The Kier molecular flexibility index (Phi) is 10.1. The van der Waals surface area contributed by atoms with E-state index in [2.05, 4.69) is 19.2 Å². The standard InChI is InChI=1S/C33H41ClFN3O4S/c1-7-37(8-2)43(40,41)25-12-15-30(42-31-18-23(5)10-13-26(31)22(3)4)29(20-25)36-32(39)38-17-9-16-33(38,6)21-24-11-14-27(34)28(35)19-24/h10-15,18-20,22H,7-9,16-17,21H2,1-6H3,(H,36,39). The summed E-state index contributed by atoms with van der Waals surface area (Å²) in [5.74, 6) is 0.654. The van der Waals surface area contributed by atoms with Gasteiger partial charge in [0.1, 0.15) is 11.6 Å². The molecule has 0 aromatic heterocycles. The quantitative estimate of drug-likeness (QED) is 0.244. The molecule has 1 fully saturated rings. The lowest BCUT2D eigenvalue weighted by Gasteiger charge is -2.35. The highest BCUT2D eigenvalue weighted by molar-refractivity contribution is 7.89. The van der Waals surface area contributed by atoms with Crippen LogP contribution < -0.4 is 10.1 Å². The first kappa shape index (κ1) is 32.8. The molecule has 1 heterocycles. The molecule has 1 aliphatic heterocycles. The monoisotopic (exact) mass is 629 g/mol. The smallest absolute Gasteiger partial charge is 0.322 e. The van der Waals surface area contributed by atoms with Crippen molar-refractivity contribution >= 4 is 33.3 Å². The fourth-order valence-electron chi connectivity index (χ4n) is 5.72. The van der Waals surface area contributed by atoms with Crippen molar-refractivity contribution in [2.45, 2.75) is 77.2 Å². The number of amides is 2. The van der Waals surface area contributed by atoms with Crippen LogP contribution in [0.25, 0.3) is 0 Å². The second-order valence-electron chi connectivity index (χ2n) is 11.7. The summed E-state index contributed by atoms with van der Waals surface area (Å²) in [6, 6.07) is 14.9. The van der Waals surface area contributed by atoms with Crippen LogP contribution in [0, 0.1) is 12.7 Å². The molecule has 3 aromatic carbocycles. The molecule has 10 heteroatoms. The molecule has 0 bridgehead atoms. The van der Waals surface area contributed by atoms with Gasteiger partial charge in [-0.25, -0.2) is 17.6 Å². The van der Waals surface area contributed by atoms with Crippen molar-refractivity contribution in [3.8, 4) is 11.5 Å². The average molecular weight is 630 g/mol. The Morgan fingerprint density at radius 3 is 2.47 bits per heavy atom. The van der Waals surface area contributed by atoms with Crippen LogP contribution in [0.2, 0.25) is 5.02 Å². The molecule has 1 saturated heterocycles. The minimum Gasteiger partial charge on any atom is -0.455 e. The third kappa shape index (κ3) is 7.16. The highest BCUT2D eigenvalue weighted by atomic mass is 35.5. The maximum Gasteiger partial charge on any atom is 0.322 e. The minimum absolute atomic E-state index is 0.0521. The molecule has 1 atom stereocenters. The van der Waals surface area contributed by atoms with Gasteiger partial charge in [0.25, 0.3) is 0 Å². The first-order chi connectivity index (χ1) is 20.3. The van der Waals surface area contributed by atoms with Gasteiger partial charge in [-0.1, -0.05) is 57.5 Å². The van der Waals surface area contributed by atoms with Gasteiger partial charge in [0.15, 0.2) is 5.75 Å². The van der Waals surface area contributed by atoms with Crippen molar-refractivity contribution in [3.63, 3.8) is 0 Å². The maximum atomic E-state index is 14.2. The first-order valence-corrected chi connectivity index (χ1v) is 16.6. The molecule has 43 heavy (non-hydrogen) atoms. The minimum atomic E-state index is -3.80. The van der Waals surface area contributed by atoms with E-state index in [4.69, 9.17) is 16.3 Å². The summed E-state index contributed by atoms with van der Waals surface area (Å²) in [5.41, 5.74) is 2.40. The number of hydrogen-bond donors (Lipinski definition) is 1. The van der Waals surface area contributed by atoms with Crippen LogP contribution in [0.15, 0.2) is 59.5 Å². The topological polar surface area (TPSA) is 79.0 Å². The predicted molar refractivity (Wildman–Crippen MR) is 170 cm³/mol. The maximum absolute atomic E-state index is 14.2. The molecule has 1 unspecified atom stereocenters. The molecular weight excluding hydrogens is 589 g/mol. The zero-order valence-corrected chi connectivity index (χ0v) is 27.3. The number of carbonyl (C=O) groups is 1. The summed E-state index contributed by atoms with van der Waals surface area (Å²) >= 11 is 5.89. The van der Waals surface area contributed by atoms with E-state index in [1.165, 1.54) is 28.6 Å².